The number of amides is 1. The van der Waals surface area contributed by atoms with Gasteiger partial charge in [-0.25, -0.2) is 4.99 Å². The van der Waals surface area contributed by atoms with Crippen LogP contribution in [-0.4, -0.2) is 42.0 Å². The first-order valence-electron chi connectivity index (χ1n) is 6.50. The highest BCUT2D eigenvalue weighted by Crippen LogP contribution is 2.24. The van der Waals surface area contributed by atoms with E-state index >= 15 is 0 Å². The molecule has 0 fully saturated rings. The minimum absolute atomic E-state index is 0.0582. The molecule has 20 heavy (non-hydrogen) atoms. The number of ether oxygens (including phenoxy) is 1. The molecule has 1 N–H and O–H groups in total. The van der Waals surface area contributed by atoms with Crippen molar-refractivity contribution in [2.75, 3.05) is 20.3 Å². The maximum atomic E-state index is 12.2. The first kappa shape index (κ1) is 14.3. The average molecular weight is 274 g/mol. The zero-order valence-electron chi connectivity index (χ0n) is 11.7. The highest BCUT2D eigenvalue weighted by molar-refractivity contribution is 6.13. The zero-order chi connectivity index (χ0) is 14.5. The molecule has 0 atom stereocenters. The first-order chi connectivity index (χ1) is 9.67. The molecular weight excluding hydrogens is 256 g/mol. The molecule has 1 amide bonds. The fourth-order valence-electron chi connectivity index (χ4n) is 2.09. The van der Waals surface area contributed by atoms with E-state index in [4.69, 9.17) is 9.84 Å². The van der Waals surface area contributed by atoms with Crippen LogP contribution in [0.15, 0.2) is 35.0 Å². The van der Waals surface area contributed by atoms with E-state index in [1.807, 2.05) is 24.3 Å². The molecule has 0 radical (unpaired) electrons. The SMILES string of the molecule is COc1ccccc1/C=C1\N=C(C)N(CCCO)C1=O. The molecule has 1 aliphatic rings. The summed E-state index contributed by atoms with van der Waals surface area (Å²) in [6.07, 6.45) is 2.27. The van der Waals surface area contributed by atoms with Gasteiger partial charge < -0.3 is 9.84 Å². The van der Waals surface area contributed by atoms with Crippen molar-refractivity contribution in [3.8, 4) is 5.75 Å². The van der Waals surface area contributed by atoms with E-state index < -0.39 is 0 Å². The third-order valence-corrected chi connectivity index (χ3v) is 3.11. The van der Waals surface area contributed by atoms with Crippen molar-refractivity contribution in [1.29, 1.82) is 0 Å². The van der Waals surface area contributed by atoms with Crippen molar-refractivity contribution in [1.82, 2.24) is 4.90 Å². The Morgan fingerprint density at radius 1 is 1.40 bits per heavy atom. The number of nitrogens with zero attached hydrogens (tertiary/aromatic N) is 2. The van der Waals surface area contributed by atoms with E-state index in [2.05, 4.69) is 4.99 Å². The Labute approximate surface area is 118 Å². The van der Waals surface area contributed by atoms with E-state index in [0.29, 0.717) is 30.2 Å². The molecule has 0 aliphatic carbocycles. The maximum absolute atomic E-state index is 12.2. The largest absolute Gasteiger partial charge is 0.496 e. The number of aliphatic imine (C=N–C) groups is 1. The molecule has 0 bridgehead atoms. The van der Waals surface area contributed by atoms with Gasteiger partial charge in [-0.3, -0.25) is 9.69 Å². The molecule has 1 aromatic carbocycles. The van der Waals surface area contributed by atoms with Crippen LogP contribution >= 0.6 is 0 Å². The fraction of sp³-hybridized carbons (Fsp3) is 0.333. The average Bonchev–Trinajstić information content (AvgIpc) is 2.72. The van der Waals surface area contributed by atoms with Gasteiger partial charge in [0.1, 0.15) is 17.3 Å². The van der Waals surface area contributed by atoms with Crippen molar-refractivity contribution < 1.29 is 14.6 Å². The van der Waals surface area contributed by atoms with Gasteiger partial charge in [-0.2, -0.15) is 0 Å². The van der Waals surface area contributed by atoms with Gasteiger partial charge in [0, 0.05) is 18.7 Å². The van der Waals surface area contributed by atoms with E-state index in [-0.39, 0.29) is 12.5 Å². The summed E-state index contributed by atoms with van der Waals surface area (Å²) in [7, 11) is 1.59. The predicted molar refractivity (Wildman–Crippen MR) is 77.5 cm³/mol. The molecule has 0 spiro atoms. The third kappa shape index (κ3) is 2.88. The molecule has 1 heterocycles. The van der Waals surface area contributed by atoms with Crippen LogP contribution in [-0.2, 0) is 4.79 Å². The van der Waals surface area contributed by atoms with Crippen LogP contribution in [0.3, 0.4) is 0 Å². The number of methoxy groups -OCH3 is 1. The normalized spacial score (nSPS) is 16.8. The number of para-hydroxylation sites is 1. The summed E-state index contributed by atoms with van der Waals surface area (Å²) in [5, 5.41) is 8.86. The number of hydrogen-bond acceptors (Lipinski definition) is 4. The van der Waals surface area contributed by atoms with Crippen LogP contribution < -0.4 is 4.74 Å². The van der Waals surface area contributed by atoms with Crippen molar-refractivity contribution >= 4 is 17.8 Å². The zero-order valence-corrected chi connectivity index (χ0v) is 11.7. The lowest BCUT2D eigenvalue weighted by atomic mass is 10.1. The summed E-state index contributed by atoms with van der Waals surface area (Å²) >= 11 is 0. The number of aliphatic hydroxyl groups excluding tert-OH is 1. The van der Waals surface area contributed by atoms with Crippen molar-refractivity contribution in [3.05, 3.63) is 35.5 Å². The van der Waals surface area contributed by atoms with Crippen molar-refractivity contribution in [2.24, 2.45) is 4.99 Å². The van der Waals surface area contributed by atoms with Crippen LogP contribution in [0.2, 0.25) is 0 Å². The predicted octanol–water partition coefficient (Wildman–Crippen LogP) is 1.68. The van der Waals surface area contributed by atoms with Gasteiger partial charge in [-0.15, -0.1) is 0 Å². The minimum atomic E-state index is -0.137. The lowest BCUT2D eigenvalue weighted by Gasteiger charge is -2.14. The third-order valence-electron chi connectivity index (χ3n) is 3.11. The number of benzene rings is 1. The van der Waals surface area contributed by atoms with Gasteiger partial charge in [-0.05, 0) is 25.5 Å². The van der Waals surface area contributed by atoms with Crippen molar-refractivity contribution in [3.63, 3.8) is 0 Å². The van der Waals surface area contributed by atoms with Crippen LogP contribution in [0.4, 0.5) is 0 Å². The van der Waals surface area contributed by atoms with Gasteiger partial charge in [-0.1, -0.05) is 18.2 Å². The summed E-state index contributed by atoms with van der Waals surface area (Å²) in [5.41, 5.74) is 1.21. The van der Waals surface area contributed by atoms with E-state index in [1.165, 1.54) is 0 Å². The molecule has 0 saturated heterocycles. The van der Waals surface area contributed by atoms with E-state index in [1.54, 1.807) is 25.0 Å². The summed E-state index contributed by atoms with van der Waals surface area (Å²) in [6, 6.07) is 7.47. The lowest BCUT2D eigenvalue weighted by molar-refractivity contribution is -0.122. The molecule has 0 saturated carbocycles. The first-order valence-corrected chi connectivity index (χ1v) is 6.50. The summed E-state index contributed by atoms with van der Waals surface area (Å²) in [6.45, 7) is 2.33. The smallest absolute Gasteiger partial charge is 0.277 e. The highest BCUT2D eigenvalue weighted by Gasteiger charge is 2.26. The summed E-state index contributed by atoms with van der Waals surface area (Å²) < 4.78 is 5.26. The Morgan fingerprint density at radius 2 is 2.15 bits per heavy atom. The van der Waals surface area contributed by atoms with Gasteiger partial charge in [0.15, 0.2) is 0 Å². The summed E-state index contributed by atoms with van der Waals surface area (Å²) in [4.78, 5) is 18.1. The van der Waals surface area contributed by atoms with Gasteiger partial charge >= 0.3 is 0 Å². The number of carbonyl (C=O) groups excluding carboxylic acids is 1. The van der Waals surface area contributed by atoms with Crippen LogP contribution in [0.25, 0.3) is 6.08 Å². The summed E-state index contributed by atoms with van der Waals surface area (Å²) in [5.74, 6) is 1.22. The second-order valence-electron chi connectivity index (χ2n) is 4.46. The minimum Gasteiger partial charge on any atom is -0.496 e. The number of rotatable bonds is 5. The molecule has 106 valence electrons. The van der Waals surface area contributed by atoms with Crippen molar-refractivity contribution in [2.45, 2.75) is 13.3 Å². The Kier molecular flexibility index (Phi) is 4.53. The second-order valence-corrected chi connectivity index (χ2v) is 4.46. The van der Waals surface area contributed by atoms with Gasteiger partial charge in [0.25, 0.3) is 5.91 Å². The van der Waals surface area contributed by atoms with Crippen LogP contribution in [0.1, 0.15) is 18.9 Å². The quantitative estimate of drug-likeness (QED) is 0.831. The fourth-order valence-corrected chi connectivity index (χ4v) is 2.09. The molecule has 5 heteroatoms. The second kappa shape index (κ2) is 6.34. The molecule has 5 nitrogen and oxygen atoms in total. The Bertz CT molecular complexity index is 564. The molecule has 1 aliphatic heterocycles. The van der Waals surface area contributed by atoms with E-state index in [9.17, 15) is 4.79 Å². The number of amidine groups is 1. The monoisotopic (exact) mass is 274 g/mol. The van der Waals surface area contributed by atoms with E-state index in [0.717, 1.165) is 5.56 Å². The number of carbonyl (C=O) groups is 1. The van der Waals surface area contributed by atoms with Crippen LogP contribution in [0.5, 0.6) is 5.75 Å². The number of hydrogen-bond donors (Lipinski definition) is 1. The Balaban J connectivity index is 2.26. The Hall–Kier alpha value is -2.14. The highest BCUT2D eigenvalue weighted by atomic mass is 16.5. The molecular formula is C15H18N2O3. The molecule has 0 aromatic heterocycles. The van der Waals surface area contributed by atoms with Gasteiger partial charge in [0.2, 0.25) is 0 Å². The molecule has 2 rings (SSSR count). The molecule has 0 unspecified atom stereocenters. The van der Waals surface area contributed by atoms with Crippen LogP contribution in [0, 0.1) is 0 Å². The number of aliphatic hydroxyl groups is 1. The Morgan fingerprint density at radius 3 is 2.85 bits per heavy atom. The van der Waals surface area contributed by atoms with Gasteiger partial charge in [0.05, 0.1) is 7.11 Å². The lowest BCUT2D eigenvalue weighted by Crippen LogP contribution is -2.31. The maximum Gasteiger partial charge on any atom is 0.277 e. The standard InChI is InChI=1S/C15H18N2O3/c1-11-16-13(15(19)17(11)8-5-9-18)10-12-6-3-4-7-14(12)20-2/h3-4,6-7,10,18H,5,8-9H2,1-2H3/b13-10-. The topological polar surface area (TPSA) is 62.1 Å². The molecule has 1 aromatic rings.